The molecule has 0 radical (unpaired) electrons. The monoisotopic (exact) mass is 259 g/mol. The molecule has 2 nitrogen and oxygen atoms in total. The number of nitrogens with zero attached hydrogens (tertiary/aromatic N) is 1. The van der Waals surface area contributed by atoms with Crippen LogP contribution in [0.4, 0.5) is 26.3 Å². The lowest BCUT2D eigenvalue weighted by Gasteiger charge is -2.25. The maximum Gasteiger partial charge on any atom is 0.490 e. The highest BCUT2D eigenvalue weighted by Crippen LogP contribution is 2.33. The molecule has 0 fully saturated rings. The van der Waals surface area contributed by atoms with Crippen molar-refractivity contribution in [1.29, 1.82) is 0 Å². The highest BCUT2D eigenvalue weighted by atomic mass is 19.4. The number of rotatable bonds is 3. The first-order valence-corrected chi connectivity index (χ1v) is 4.32. The van der Waals surface area contributed by atoms with Crippen molar-refractivity contribution in [1.82, 2.24) is 5.06 Å². The molecule has 0 amide bonds. The Bertz CT molecular complexity index is 333. The fraction of sp³-hybridized carbons (Fsp3) is 0.333. The van der Waals surface area contributed by atoms with Crippen LogP contribution in [0.3, 0.4) is 0 Å². The van der Waals surface area contributed by atoms with Crippen LogP contribution in [0.5, 0.6) is 0 Å². The van der Waals surface area contributed by atoms with Crippen molar-refractivity contribution in [3.8, 4) is 0 Å². The van der Waals surface area contributed by atoms with Gasteiger partial charge in [-0.2, -0.15) is 26.3 Å². The normalized spacial score (nSPS) is 13.1. The Balaban J connectivity index is 2.70. The molecule has 0 saturated heterocycles. The highest BCUT2D eigenvalue weighted by Gasteiger charge is 2.55. The quantitative estimate of drug-likeness (QED) is 0.468. The zero-order valence-corrected chi connectivity index (χ0v) is 8.22. The zero-order valence-electron chi connectivity index (χ0n) is 8.22. The van der Waals surface area contributed by atoms with Crippen molar-refractivity contribution in [2.24, 2.45) is 0 Å². The number of benzene rings is 1. The van der Waals surface area contributed by atoms with Crippen molar-refractivity contribution >= 4 is 0 Å². The summed E-state index contributed by atoms with van der Waals surface area (Å²) >= 11 is 0. The van der Waals surface area contributed by atoms with Crippen LogP contribution in [0.25, 0.3) is 0 Å². The summed E-state index contributed by atoms with van der Waals surface area (Å²) in [5.41, 5.74) is 0.200. The van der Waals surface area contributed by atoms with E-state index in [4.69, 9.17) is 0 Å². The van der Waals surface area contributed by atoms with Gasteiger partial charge in [0.2, 0.25) is 0 Å². The molecule has 0 heterocycles. The molecule has 96 valence electrons. The number of hydroxylamine groups is 2. The van der Waals surface area contributed by atoms with Gasteiger partial charge in [0.05, 0.1) is 6.61 Å². The Hall–Kier alpha value is -1.28. The van der Waals surface area contributed by atoms with Crippen LogP contribution in [0, 0.1) is 0 Å². The van der Waals surface area contributed by atoms with E-state index in [-0.39, 0.29) is 5.56 Å². The van der Waals surface area contributed by atoms with Crippen molar-refractivity contribution in [3.63, 3.8) is 0 Å². The van der Waals surface area contributed by atoms with Gasteiger partial charge in [0, 0.05) is 5.06 Å². The number of hydrogen-bond acceptors (Lipinski definition) is 2. The van der Waals surface area contributed by atoms with Crippen LogP contribution < -0.4 is 0 Å². The van der Waals surface area contributed by atoms with Gasteiger partial charge in [0.25, 0.3) is 0 Å². The van der Waals surface area contributed by atoms with Gasteiger partial charge in [-0.15, -0.1) is 0 Å². The molecule has 0 aliphatic heterocycles. The van der Waals surface area contributed by atoms with Crippen LogP contribution in [0.1, 0.15) is 5.56 Å². The van der Waals surface area contributed by atoms with Gasteiger partial charge < -0.3 is 0 Å². The molecule has 0 unspecified atom stereocenters. The lowest BCUT2D eigenvalue weighted by Crippen LogP contribution is -2.47. The Morgan fingerprint density at radius 1 is 0.882 bits per heavy atom. The Morgan fingerprint density at radius 3 is 1.76 bits per heavy atom. The van der Waals surface area contributed by atoms with E-state index < -0.39 is 24.3 Å². The molecule has 0 aromatic heterocycles. The lowest BCUT2D eigenvalue weighted by molar-refractivity contribution is -0.486. The summed E-state index contributed by atoms with van der Waals surface area (Å²) in [7, 11) is 0. The molecule has 0 atom stereocenters. The molecule has 0 N–H and O–H groups in total. The maximum absolute atomic E-state index is 12.0. The highest BCUT2D eigenvalue weighted by molar-refractivity contribution is 5.13. The topological polar surface area (TPSA) is 12.5 Å². The van der Waals surface area contributed by atoms with Crippen LogP contribution in [0.15, 0.2) is 30.3 Å². The molecule has 0 saturated carbocycles. The molecule has 8 heteroatoms. The third-order valence-corrected chi connectivity index (χ3v) is 1.66. The summed E-state index contributed by atoms with van der Waals surface area (Å²) in [6.07, 6.45) is -11.3. The van der Waals surface area contributed by atoms with Gasteiger partial charge in [-0.25, -0.2) is 0 Å². The predicted molar refractivity (Wildman–Crippen MR) is 45.2 cm³/mol. The van der Waals surface area contributed by atoms with Gasteiger partial charge in [0.15, 0.2) is 0 Å². The molecule has 1 aromatic rings. The second-order valence-electron chi connectivity index (χ2n) is 2.99. The largest absolute Gasteiger partial charge is 0.490 e. The van der Waals surface area contributed by atoms with Crippen LogP contribution in [-0.2, 0) is 11.4 Å². The average Bonchev–Trinajstić information content (AvgIpc) is 2.15. The van der Waals surface area contributed by atoms with Gasteiger partial charge in [-0.1, -0.05) is 30.3 Å². The second-order valence-corrected chi connectivity index (χ2v) is 2.99. The fourth-order valence-electron chi connectivity index (χ4n) is 1.00. The van der Waals surface area contributed by atoms with Crippen LogP contribution in [0.2, 0.25) is 0 Å². The SMILES string of the molecule is FC(F)(F)N(OCc1ccccc1)C(F)(F)F. The summed E-state index contributed by atoms with van der Waals surface area (Å²) in [6, 6.07) is 7.24. The van der Waals surface area contributed by atoms with E-state index in [0.717, 1.165) is 0 Å². The minimum absolute atomic E-state index is 0.200. The minimum Gasteiger partial charge on any atom is -0.279 e. The lowest BCUT2D eigenvalue weighted by atomic mass is 10.2. The van der Waals surface area contributed by atoms with Crippen molar-refractivity contribution in [2.75, 3.05) is 0 Å². The van der Waals surface area contributed by atoms with E-state index in [1.807, 2.05) is 0 Å². The van der Waals surface area contributed by atoms with Gasteiger partial charge in [0.1, 0.15) is 0 Å². The molecule has 0 bridgehead atoms. The van der Waals surface area contributed by atoms with E-state index in [1.54, 1.807) is 6.07 Å². The molecule has 1 rings (SSSR count). The maximum atomic E-state index is 12.0. The molecule has 0 aliphatic rings. The van der Waals surface area contributed by atoms with Crippen molar-refractivity contribution in [2.45, 2.75) is 19.2 Å². The van der Waals surface area contributed by atoms with E-state index in [0.29, 0.717) is 0 Å². The van der Waals surface area contributed by atoms with Crippen LogP contribution in [-0.4, -0.2) is 17.7 Å². The smallest absolute Gasteiger partial charge is 0.279 e. The standard InChI is InChI=1S/C9H7F6NO/c10-8(11,12)16(9(13,14)15)17-6-7-4-2-1-3-5-7/h1-5H,6H2. The molecular formula is C9H7F6NO. The van der Waals surface area contributed by atoms with E-state index in [2.05, 4.69) is 4.84 Å². The molecule has 1 aromatic carbocycles. The van der Waals surface area contributed by atoms with Gasteiger partial charge in [-0.05, 0) is 5.56 Å². The van der Waals surface area contributed by atoms with Crippen LogP contribution >= 0.6 is 0 Å². The number of hydrogen-bond donors (Lipinski definition) is 0. The summed E-state index contributed by atoms with van der Waals surface area (Å²) in [4.78, 5) is 3.74. The summed E-state index contributed by atoms with van der Waals surface area (Å²) in [5.74, 6) is 0. The Kier molecular flexibility index (Phi) is 3.99. The molecular weight excluding hydrogens is 252 g/mol. The third kappa shape index (κ3) is 4.23. The van der Waals surface area contributed by atoms with Gasteiger partial charge in [-0.3, -0.25) is 4.84 Å². The van der Waals surface area contributed by atoms with E-state index >= 15 is 0 Å². The first-order valence-electron chi connectivity index (χ1n) is 4.32. The van der Waals surface area contributed by atoms with Gasteiger partial charge >= 0.3 is 12.6 Å². The Labute approximate surface area is 92.3 Å². The third-order valence-electron chi connectivity index (χ3n) is 1.66. The first-order chi connectivity index (χ1) is 7.71. The summed E-state index contributed by atoms with van der Waals surface area (Å²) in [6.45, 7) is -0.820. The Morgan fingerprint density at radius 2 is 1.35 bits per heavy atom. The molecule has 17 heavy (non-hydrogen) atoms. The van der Waals surface area contributed by atoms with E-state index in [9.17, 15) is 26.3 Å². The summed E-state index contributed by atoms with van der Waals surface area (Å²) < 4.78 is 72.0. The first kappa shape index (κ1) is 13.8. The predicted octanol–water partition coefficient (Wildman–Crippen LogP) is 3.46. The van der Waals surface area contributed by atoms with Crippen molar-refractivity contribution in [3.05, 3.63) is 35.9 Å². The number of halogens is 6. The average molecular weight is 259 g/mol. The van der Waals surface area contributed by atoms with Crippen molar-refractivity contribution < 1.29 is 31.2 Å². The molecule has 0 aliphatic carbocycles. The number of alkyl halides is 6. The summed E-state index contributed by atoms with van der Waals surface area (Å²) in [5, 5.41) is -1.92. The zero-order chi connectivity index (χ0) is 13.1. The second kappa shape index (κ2) is 4.92. The molecule has 0 spiro atoms. The van der Waals surface area contributed by atoms with E-state index in [1.165, 1.54) is 24.3 Å². The fourth-order valence-corrected chi connectivity index (χ4v) is 1.00. The minimum atomic E-state index is -5.63.